The van der Waals surface area contributed by atoms with Crippen molar-refractivity contribution in [2.45, 2.75) is 6.04 Å². The van der Waals surface area contributed by atoms with Gasteiger partial charge in [-0.25, -0.2) is 0 Å². The molecule has 0 saturated carbocycles. The number of anilines is 1. The van der Waals surface area contributed by atoms with E-state index in [1.165, 1.54) is 0 Å². The smallest absolute Gasteiger partial charge is 0.246 e. The van der Waals surface area contributed by atoms with Gasteiger partial charge < -0.3 is 10.6 Å². The van der Waals surface area contributed by atoms with Crippen molar-refractivity contribution in [3.63, 3.8) is 0 Å². The van der Waals surface area contributed by atoms with Gasteiger partial charge in [-0.1, -0.05) is 48.5 Å². The van der Waals surface area contributed by atoms with E-state index in [1.807, 2.05) is 60.7 Å². The summed E-state index contributed by atoms with van der Waals surface area (Å²) < 4.78 is 0. The lowest BCUT2D eigenvalue weighted by atomic mass is 10.1. The number of carbonyl (C=O) groups is 1. The summed E-state index contributed by atoms with van der Waals surface area (Å²) in [5.41, 5.74) is 1.87. The first-order valence-corrected chi connectivity index (χ1v) is 5.89. The van der Waals surface area contributed by atoms with Crippen LogP contribution in [0.15, 0.2) is 60.7 Å². The zero-order valence-electron chi connectivity index (χ0n) is 10.3. The maximum absolute atomic E-state index is 11.9. The van der Waals surface area contributed by atoms with Crippen molar-refractivity contribution >= 4 is 11.6 Å². The van der Waals surface area contributed by atoms with E-state index in [0.717, 1.165) is 11.3 Å². The number of nitrogens with one attached hydrogen (secondary N) is 2. The van der Waals surface area contributed by atoms with Crippen LogP contribution in [0.2, 0.25) is 0 Å². The predicted octanol–water partition coefficient (Wildman–Crippen LogP) is 2.59. The van der Waals surface area contributed by atoms with E-state index in [9.17, 15) is 4.79 Å². The van der Waals surface area contributed by atoms with E-state index in [4.69, 9.17) is 0 Å². The maximum Gasteiger partial charge on any atom is 0.246 e. The molecule has 1 atom stereocenters. The Balaban J connectivity index is 2.24. The topological polar surface area (TPSA) is 41.1 Å². The lowest BCUT2D eigenvalue weighted by molar-refractivity contribution is -0.121. The molecular formula is C15H16N2O. The molecule has 92 valence electrons. The van der Waals surface area contributed by atoms with Crippen LogP contribution in [-0.2, 0) is 4.79 Å². The van der Waals surface area contributed by atoms with E-state index < -0.39 is 0 Å². The quantitative estimate of drug-likeness (QED) is 0.862. The molecule has 0 fully saturated rings. The molecule has 0 saturated heterocycles. The SMILES string of the molecule is CNC(=O)[C@@H](Nc1ccccc1)c1ccccc1. The number of hydrogen-bond donors (Lipinski definition) is 2. The van der Waals surface area contributed by atoms with Crippen molar-refractivity contribution in [1.82, 2.24) is 5.32 Å². The number of rotatable bonds is 4. The van der Waals surface area contributed by atoms with Crippen LogP contribution in [0.5, 0.6) is 0 Å². The Bertz CT molecular complexity index is 496. The first-order chi connectivity index (χ1) is 8.81. The van der Waals surface area contributed by atoms with Crippen LogP contribution in [0, 0.1) is 0 Å². The second-order valence-corrected chi connectivity index (χ2v) is 3.97. The molecule has 0 spiro atoms. The monoisotopic (exact) mass is 240 g/mol. The Morgan fingerprint density at radius 2 is 1.50 bits per heavy atom. The molecule has 3 heteroatoms. The Morgan fingerprint density at radius 3 is 2.06 bits per heavy atom. The third-order valence-corrected chi connectivity index (χ3v) is 2.73. The minimum atomic E-state index is -0.376. The van der Waals surface area contributed by atoms with Crippen molar-refractivity contribution in [3.8, 4) is 0 Å². The number of carbonyl (C=O) groups excluding carboxylic acids is 1. The van der Waals surface area contributed by atoms with Gasteiger partial charge in [0.1, 0.15) is 6.04 Å². The predicted molar refractivity (Wildman–Crippen MR) is 73.3 cm³/mol. The van der Waals surface area contributed by atoms with Gasteiger partial charge in [-0.05, 0) is 17.7 Å². The fourth-order valence-corrected chi connectivity index (χ4v) is 1.79. The van der Waals surface area contributed by atoms with Crippen LogP contribution in [-0.4, -0.2) is 13.0 Å². The molecule has 2 aromatic rings. The molecule has 0 aliphatic rings. The minimum absolute atomic E-state index is 0.0509. The van der Waals surface area contributed by atoms with Gasteiger partial charge >= 0.3 is 0 Å². The largest absolute Gasteiger partial charge is 0.370 e. The molecular weight excluding hydrogens is 224 g/mol. The van der Waals surface area contributed by atoms with Gasteiger partial charge in [0.2, 0.25) is 5.91 Å². The lowest BCUT2D eigenvalue weighted by Gasteiger charge is -2.18. The maximum atomic E-state index is 11.9. The van der Waals surface area contributed by atoms with Gasteiger partial charge in [-0.15, -0.1) is 0 Å². The molecule has 2 N–H and O–H groups in total. The van der Waals surface area contributed by atoms with Crippen LogP contribution in [0.4, 0.5) is 5.69 Å². The second-order valence-electron chi connectivity index (χ2n) is 3.97. The zero-order valence-corrected chi connectivity index (χ0v) is 10.3. The summed E-state index contributed by atoms with van der Waals surface area (Å²) in [5, 5.41) is 5.92. The Hall–Kier alpha value is -2.29. The van der Waals surface area contributed by atoms with Crippen LogP contribution >= 0.6 is 0 Å². The van der Waals surface area contributed by atoms with Gasteiger partial charge in [0.25, 0.3) is 0 Å². The standard InChI is InChI=1S/C15H16N2O/c1-16-15(18)14(12-8-4-2-5-9-12)17-13-10-6-3-7-11-13/h2-11,14,17H,1H3,(H,16,18)/t14-/m0/s1. The van der Waals surface area contributed by atoms with Crippen molar-refractivity contribution in [1.29, 1.82) is 0 Å². The summed E-state index contributed by atoms with van der Waals surface area (Å²) in [4.78, 5) is 11.9. The molecule has 0 aliphatic heterocycles. The Morgan fingerprint density at radius 1 is 0.944 bits per heavy atom. The molecule has 0 radical (unpaired) electrons. The van der Waals surface area contributed by atoms with Gasteiger partial charge in [0.15, 0.2) is 0 Å². The molecule has 0 aromatic heterocycles. The van der Waals surface area contributed by atoms with Gasteiger partial charge in [-0.2, -0.15) is 0 Å². The van der Waals surface area contributed by atoms with Crippen molar-refractivity contribution < 1.29 is 4.79 Å². The summed E-state index contributed by atoms with van der Waals surface area (Å²) in [6.45, 7) is 0. The number of likely N-dealkylation sites (N-methyl/N-ethyl adjacent to an activating group) is 1. The lowest BCUT2D eigenvalue weighted by Crippen LogP contribution is -2.30. The molecule has 0 heterocycles. The summed E-state index contributed by atoms with van der Waals surface area (Å²) in [7, 11) is 1.64. The van der Waals surface area contributed by atoms with Crippen LogP contribution < -0.4 is 10.6 Å². The van der Waals surface area contributed by atoms with Crippen molar-refractivity contribution in [3.05, 3.63) is 66.2 Å². The molecule has 18 heavy (non-hydrogen) atoms. The Labute approximate surface area is 107 Å². The second kappa shape index (κ2) is 5.87. The molecule has 2 aromatic carbocycles. The van der Waals surface area contributed by atoms with E-state index in [2.05, 4.69) is 10.6 Å². The molecule has 0 unspecified atom stereocenters. The summed E-state index contributed by atoms with van der Waals surface area (Å²) in [6, 6.07) is 19.0. The Kier molecular flexibility index (Phi) is 3.97. The van der Waals surface area contributed by atoms with Gasteiger partial charge in [0, 0.05) is 12.7 Å². The van der Waals surface area contributed by atoms with Gasteiger partial charge in [-0.3, -0.25) is 4.79 Å². The van der Waals surface area contributed by atoms with Gasteiger partial charge in [0.05, 0.1) is 0 Å². The van der Waals surface area contributed by atoms with Crippen molar-refractivity contribution in [2.75, 3.05) is 12.4 Å². The normalized spacial score (nSPS) is 11.6. The molecule has 2 rings (SSSR count). The number of hydrogen-bond acceptors (Lipinski definition) is 2. The average Bonchev–Trinajstić information content (AvgIpc) is 2.46. The van der Waals surface area contributed by atoms with Crippen LogP contribution in [0.3, 0.4) is 0 Å². The fourth-order valence-electron chi connectivity index (χ4n) is 1.79. The van der Waals surface area contributed by atoms with E-state index >= 15 is 0 Å². The fraction of sp³-hybridized carbons (Fsp3) is 0.133. The zero-order chi connectivity index (χ0) is 12.8. The van der Waals surface area contributed by atoms with E-state index in [1.54, 1.807) is 7.05 Å². The molecule has 0 bridgehead atoms. The first-order valence-electron chi connectivity index (χ1n) is 5.89. The molecule has 3 nitrogen and oxygen atoms in total. The summed E-state index contributed by atoms with van der Waals surface area (Å²) >= 11 is 0. The highest BCUT2D eigenvalue weighted by Gasteiger charge is 2.18. The summed E-state index contributed by atoms with van der Waals surface area (Å²) in [6.07, 6.45) is 0. The van der Waals surface area contributed by atoms with Crippen LogP contribution in [0.25, 0.3) is 0 Å². The highest BCUT2D eigenvalue weighted by atomic mass is 16.2. The number of benzene rings is 2. The average molecular weight is 240 g/mol. The third-order valence-electron chi connectivity index (χ3n) is 2.73. The molecule has 0 aliphatic carbocycles. The highest BCUT2D eigenvalue weighted by Crippen LogP contribution is 2.19. The number of amides is 1. The van der Waals surface area contributed by atoms with E-state index in [0.29, 0.717) is 0 Å². The van der Waals surface area contributed by atoms with E-state index in [-0.39, 0.29) is 11.9 Å². The number of para-hydroxylation sites is 1. The third kappa shape index (κ3) is 2.88. The minimum Gasteiger partial charge on any atom is -0.370 e. The highest BCUT2D eigenvalue weighted by molar-refractivity contribution is 5.85. The summed E-state index contributed by atoms with van der Waals surface area (Å²) in [5.74, 6) is -0.0509. The molecule has 1 amide bonds. The first kappa shape index (κ1) is 12.2. The van der Waals surface area contributed by atoms with Crippen molar-refractivity contribution in [2.24, 2.45) is 0 Å². The van der Waals surface area contributed by atoms with Crippen LogP contribution in [0.1, 0.15) is 11.6 Å².